The molecule has 0 unspecified atom stereocenters. The van der Waals surface area contributed by atoms with E-state index in [0.29, 0.717) is 9.60 Å². The van der Waals surface area contributed by atoms with Crippen molar-refractivity contribution >= 4 is 50.7 Å². The molecule has 0 saturated heterocycles. The first-order valence-electron chi connectivity index (χ1n) is 6.53. The van der Waals surface area contributed by atoms with Crippen molar-refractivity contribution in [3.8, 4) is 0 Å². The number of nitrogens with two attached hydrogens (primary N) is 1. The third-order valence-corrected chi connectivity index (χ3v) is 4.90. The number of fused-ring (bicyclic) bond motifs is 1. The second-order valence-corrected chi connectivity index (χ2v) is 6.97. The summed E-state index contributed by atoms with van der Waals surface area (Å²) in [5.41, 5.74) is 6.92. The number of hydrogen-bond donors (Lipinski definition) is 2. The van der Waals surface area contributed by atoms with Crippen LogP contribution in [0.1, 0.15) is 27.3 Å². The van der Waals surface area contributed by atoms with E-state index < -0.39 is 11.7 Å². The van der Waals surface area contributed by atoms with Crippen LogP contribution < -0.4 is 11.1 Å². The summed E-state index contributed by atoms with van der Waals surface area (Å²) in [7, 11) is 0. The van der Waals surface area contributed by atoms with Gasteiger partial charge in [0, 0.05) is 15.4 Å². The SMILES string of the molecule is Cl.N[C@H]1CCc2nc(NC(=O)c3ccc(Br)cc3F)sc2C1. The molecule has 0 aliphatic heterocycles. The van der Waals surface area contributed by atoms with E-state index >= 15 is 0 Å². The van der Waals surface area contributed by atoms with Crippen molar-refractivity contribution in [2.24, 2.45) is 5.73 Å². The summed E-state index contributed by atoms with van der Waals surface area (Å²) in [6.07, 6.45) is 2.52. The number of rotatable bonds is 2. The standard InChI is InChI=1S/C14H13BrFN3OS.ClH/c15-7-1-3-9(10(16)5-7)13(20)19-14-18-11-4-2-8(17)6-12(11)21-14;/h1,3,5,8H,2,4,6,17H2,(H,18,19,20);1H/t8-;/m0./s1. The molecule has 1 atom stereocenters. The van der Waals surface area contributed by atoms with Gasteiger partial charge in [-0.3, -0.25) is 10.1 Å². The molecule has 1 heterocycles. The zero-order chi connectivity index (χ0) is 15.0. The Balaban J connectivity index is 0.00000176. The van der Waals surface area contributed by atoms with Gasteiger partial charge in [-0.25, -0.2) is 9.37 Å². The molecule has 118 valence electrons. The normalized spacial score (nSPS) is 16.6. The van der Waals surface area contributed by atoms with Crippen molar-refractivity contribution in [1.82, 2.24) is 4.98 Å². The molecule has 8 heteroatoms. The average molecular weight is 407 g/mol. The van der Waals surface area contributed by atoms with Crippen molar-refractivity contribution in [1.29, 1.82) is 0 Å². The van der Waals surface area contributed by atoms with Crippen LogP contribution in [0.25, 0.3) is 0 Å². The summed E-state index contributed by atoms with van der Waals surface area (Å²) in [6.45, 7) is 0. The first kappa shape index (κ1) is 17.3. The van der Waals surface area contributed by atoms with Crippen molar-refractivity contribution < 1.29 is 9.18 Å². The van der Waals surface area contributed by atoms with Crippen LogP contribution in [-0.4, -0.2) is 16.9 Å². The lowest BCUT2D eigenvalue weighted by Gasteiger charge is -2.15. The molecule has 3 N–H and O–H groups in total. The number of aromatic nitrogens is 1. The van der Waals surface area contributed by atoms with Gasteiger partial charge in [-0.05, 0) is 37.5 Å². The molecule has 1 amide bonds. The summed E-state index contributed by atoms with van der Waals surface area (Å²) < 4.78 is 14.4. The van der Waals surface area contributed by atoms with E-state index in [9.17, 15) is 9.18 Å². The van der Waals surface area contributed by atoms with E-state index in [0.717, 1.165) is 29.8 Å². The Bertz CT molecular complexity index is 709. The molecule has 0 radical (unpaired) electrons. The highest BCUT2D eigenvalue weighted by molar-refractivity contribution is 9.10. The summed E-state index contributed by atoms with van der Waals surface area (Å²) in [4.78, 5) is 17.6. The molecule has 2 aromatic rings. The van der Waals surface area contributed by atoms with E-state index in [1.54, 1.807) is 6.07 Å². The number of anilines is 1. The lowest BCUT2D eigenvalue weighted by Crippen LogP contribution is -2.27. The molecular weight excluding hydrogens is 393 g/mol. The Labute approximate surface area is 145 Å². The van der Waals surface area contributed by atoms with E-state index in [-0.39, 0.29) is 24.0 Å². The van der Waals surface area contributed by atoms with Gasteiger partial charge in [0.1, 0.15) is 5.82 Å². The topological polar surface area (TPSA) is 68.0 Å². The number of hydrogen-bond acceptors (Lipinski definition) is 4. The fraction of sp³-hybridized carbons (Fsp3) is 0.286. The average Bonchev–Trinajstić information content (AvgIpc) is 2.79. The molecule has 1 aliphatic carbocycles. The number of amides is 1. The molecule has 1 aromatic heterocycles. The fourth-order valence-electron chi connectivity index (χ4n) is 2.29. The van der Waals surface area contributed by atoms with Crippen LogP contribution in [0.3, 0.4) is 0 Å². The lowest BCUT2D eigenvalue weighted by molar-refractivity contribution is 0.102. The van der Waals surface area contributed by atoms with E-state index in [4.69, 9.17) is 5.73 Å². The van der Waals surface area contributed by atoms with Crippen LogP contribution in [-0.2, 0) is 12.8 Å². The number of thiazole rings is 1. The number of nitrogens with zero attached hydrogens (tertiary/aromatic N) is 1. The number of carbonyl (C=O) groups excluding carboxylic acids is 1. The quantitative estimate of drug-likeness (QED) is 0.801. The van der Waals surface area contributed by atoms with Crippen molar-refractivity contribution in [3.63, 3.8) is 0 Å². The third-order valence-electron chi connectivity index (χ3n) is 3.37. The highest BCUT2D eigenvalue weighted by Gasteiger charge is 2.21. The molecule has 4 nitrogen and oxygen atoms in total. The summed E-state index contributed by atoms with van der Waals surface area (Å²) in [5.74, 6) is -1.05. The molecule has 0 fully saturated rings. The molecule has 1 aliphatic rings. The molecule has 3 rings (SSSR count). The monoisotopic (exact) mass is 405 g/mol. The van der Waals surface area contributed by atoms with Crippen LogP contribution in [0.4, 0.5) is 9.52 Å². The smallest absolute Gasteiger partial charge is 0.260 e. The summed E-state index contributed by atoms with van der Waals surface area (Å²) in [5, 5.41) is 3.16. The largest absolute Gasteiger partial charge is 0.327 e. The van der Waals surface area contributed by atoms with E-state index in [1.807, 2.05) is 0 Å². The first-order chi connectivity index (χ1) is 10.0. The van der Waals surface area contributed by atoms with Gasteiger partial charge in [-0.1, -0.05) is 15.9 Å². The molecule has 0 bridgehead atoms. The number of halogens is 3. The van der Waals surface area contributed by atoms with Gasteiger partial charge in [-0.2, -0.15) is 0 Å². The van der Waals surface area contributed by atoms with Gasteiger partial charge in [0.2, 0.25) is 0 Å². The van der Waals surface area contributed by atoms with Crippen molar-refractivity contribution in [3.05, 3.63) is 44.6 Å². The molecule has 0 spiro atoms. The van der Waals surface area contributed by atoms with Gasteiger partial charge < -0.3 is 5.73 Å². The second-order valence-electron chi connectivity index (χ2n) is 4.97. The van der Waals surface area contributed by atoms with Gasteiger partial charge in [-0.15, -0.1) is 23.7 Å². The minimum Gasteiger partial charge on any atom is -0.327 e. The van der Waals surface area contributed by atoms with Crippen LogP contribution in [0.15, 0.2) is 22.7 Å². The lowest BCUT2D eigenvalue weighted by atomic mass is 9.99. The number of benzene rings is 1. The Kier molecular flexibility index (Phi) is 5.55. The van der Waals surface area contributed by atoms with Crippen LogP contribution >= 0.6 is 39.7 Å². The zero-order valence-corrected chi connectivity index (χ0v) is 14.7. The highest BCUT2D eigenvalue weighted by atomic mass is 79.9. The summed E-state index contributed by atoms with van der Waals surface area (Å²) in [6, 6.07) is 4.49. The Morgan fingerprint density at radius 1 is 1.50 bits per heavy atom. The Morgan fingerprint density at radius 3 is 3.00 bits per heavy atom. The second kappa shape index (κ2) is 7.04. The number of aryl methyl sites for hydroxylation is 1. The van der Waals surface area contributed by atoms with Crippen LogP contribution in [0.2, 0.25) is 0 Å². The predicted molar refractivity (Wildman–Crippen MR) is 91.4 cm³/mol. The van der Waals surface area contributed by atoms with Gasteiger partial charge in [0.05, 0.1) is 11.3 Å². The van der Waals surface area contributed by atoms with E-state index in [1.165, 1.54) is 23.5 Å². The zero-order valence-electron chi connectivity index (χ0n) is 11.4. The minimum atomic E-state index is -0.565. The predicted octanol–water partition coefficient (Wildman–Crippen LogP) is 3.53. The summed E-state index contributed by atoms with van der Waals surface area (Å²) >= 11 is 4.58. The fourth-order valence-corrected chi connectivity index (χ4v) is 3.72. The van der Waals surface area contributed by atoms with Crippen LogP contribution in [0, 0.1) is 5.82 Å². The Hall–Kier alpha value is -1.02. The molecule has 1 aromatic carbocycles. The van der Waals surface area contributed by atoms with Gasteiger partial charge in [0.25, 0.3) is 5.91 Å². The third kappa shape index (κ3) is 3.65. The molecule has 0 saturated carbocycles. The van der Waals surface area contributed by atoms with Gasteiger partial charge >= 0.3 is 0 Å². The maximum atomic E-state index is 13.8. The molecule has 22 heavy (non-hydrogen) atoms. The first-order valence-corrected chi connectivity index (χ1v) is 8.14. The van der Waals surface area contributed by atoms with Crippen molar-refractivity contribution in [2.45, 2.75) is 25.3 Å². The van der Waals surface area contributed by atoms with Crippen LogP contribution in [0.5, 0.6) is 0 Å². The minimum absolute atomic E-state index is 0. The van der Waals surface area contributed by atoms with Gasteiger partial charge in [0.15, 0.2) is 5.13 Å². The highest BCUT2D eigenvalue weighted by Crippen LogP contribution is 2.29. The molecular formula is C14H14BrClFN3OS. The maximum Gasteiger partial charge on any atom is 0.260 e. The van der Waals surface area contributed by atoms with Crippen molar-refractivity contribution in [2.75, 3.05) is 5.32 Å². The Morgan fingerprint density at radius 2 is 2.27 bits per heavy atom. The maximum absolute atomic E-state index is 13.8. The number of carbonyl (C=O) groups is 1. The van der Waals surface area contributed by atoms with E-state index in [2.05, 4.69) is 26.2 Å². The number of nitrogens with one attached hydrogen (secondary N) is 1.